The molecule has 1 aliphatic rings. The van der Waals surface area contributed by atoms with Crippen LogP contribution in [0.1, 0.15) is 25.0 Å². The summed E-state index contributed by atoms with van der Waals surface area (Å²) < 4.78 is 5.39. The second kappa shape index (κ2) is 7.71. The van der Waals surface area contributed by atoms with Crippen LogP contribution in [0.4, 0.5) is 0 Å². The van der Waals surface area contributed by atoms with Crippen LogP contribution in [0.5, 0.6) is 0 Å². The van der Waals surface area contributed by atoms with Gasteiger partial charge in [-0.3, -0.25) is 0 Å². The lowest BCUT2D eigenvalue weighted by atomic mass is 9.75. The number of ether oxygens (including phenoxy) is 1. The predicted molar refractivity (Wildman–Crippen MR) is 106 cm³/mol. The van der Waals surface area contributed by atoms with E-state index in [1.165, 1.54) is 0 Å². The van der Waals surface area contributed by atoms with Crippen LogP contribution >= 0.6 is 0 Å². The molecule has 0 saturated carbocycles. The summed E-state index contributed by atoms with van der Waals surface area (Å²) in [6.45, 7) is 3.98. The number of methoxy groups -OCH3 is 1. The molecule has 3 heteroatoms. The Labute approximate surface area is 155 Å². The van der Waals surface area contributed by atoms with Gasteiger partial charge in [-0.05, 0) is 18.1 Å². The molecule has 0 unspecified atom stereocenters. The molecule has 0 aromatic heterocycles. The number of aliphatic hydroxyl groups is 1. The van der Waals surface area contributed by atoms with Crippen molar-refractivity contribution in [3.05, 3.63) is 95.7 Å². The van der Waals surface area contributed by atoms with Gasteiger partial charge < -0.3 is 9.84 Å². The van der Waals surface area contributed by atoms with E-state index in [-0.39, 0.29) is 11.8 Å². The smallest absolute Gasteiger partial charge is 0.194 e. The molecule has 0 spiro atoms. The molecule has 0 aliphatic carbocycles. The van der Waals surface area contributed by atoms with Crippen LogP contribution in [0, 0.1) is 11.8 Å². The van der Waals surface area contributed by atoms with Gasteiger partial charge in [-0.25, -0.2) is 4.99 Å². The number of hydrogen-bond donors (Lipinski definition) is 1. The molecule has 0 saturated heterocycles. The van der Waals surface area contributed by atoms with E-state index >= 15 is 0 Å². The summed E-state index contributed by atoms with van der Waals surface area (Å²) >= 11 is 0. The molecular formula is C23H25NO2. The molecule has 1 heterocycles. The quantitative estimate of drug-likeness (QED) is 0.818. The first-order valence-electron chi connectivity index (χ1n) is 8.88. The van der Waals surface area contributed by atoms with Gasteiger partial charge in [-0.2, -0.15) is 0 Å². The van der Waals surface area contributed by atoms with Crippen molar-refractivity contribution in [3.63, 3.8) is 0 Å². The summed E-state index contributed by atoms with van der Waals surface area (Å²) in [6.07, 6.45) is 6.11. The maximum Gasteiger partial charge on any atom is 0.194 e. The normalized spacial score (nSPS) is 20.6. The van der Waals surface area contributed by atoms with Gasteiger partial charge in [0.2, 0.25) is 0 Å². The predicted octanol–water partition coefficient (Wildman–Crippen LogP) is 4.69. The average molecular weight is 347 g/mol. The van der Waals surface area contributed by atoms with E-state index < -0.39 is 5.60 Å². The van der Waals surface area contributed by atoms with Crippen LogP contribution < -0.4 is 0 Å². The highest BCUT2D eigenvalue weighted by Gasteiger charge is 2.38. The molecule has 0 radical (unpaired) electrons. The summed E-state index contributed by atoms with van der Waals surface area (Å²) in [5, 5.41) is 11.9. The Kier molecular flexibility index (Phi) is 5.38. The van der Waals surface area contributed by atoms with E-state index in [9.17, 15) is 5.11 Å². The number of benzene rings is 2. The van der Waals surface area contributed by atoms with Gasteiger partial charge in [0.05, 0.1) is 13.0 Å². The molecule has 2 aromatic rings. The van der Waals surface area contributed by atoms with Gasteiger partial charge in [0.15, 0.2) is 5.90 Å². The molecule has 1 N–H and O–H groups in total. The van der Waals surface area contributed by atoms with Gasteiger partial charge >= 0.3 is 0 Å². The van der Waals surface area contributed by atoms with Crippen LogP contribution in [0.2, 0.25) is 0 Å². The molecular weight excluding hydrogens is 322 g/mol. The first kappa shape index (κ1) is 18.2. The summed E-state index contributed by atoms with van der Waals surface area (Å²) in [7, 11) is 1.64. The zero-order valence-electron chi connectivity index (χ0n) is 15.5. The van der Waals surface area contributed by atoms with Crippen molar-refractivity contribution in [2.75, 3.05) is 7.11 Å². The van der Waals surface area contributed by atoms with E-state index in [1.807, 2.05) is 86.7 Å². The topological polar surface area (TPSA) is 41.8 Å². The second-order valence-corrected chi connectivity index (χ2v) is 6.66. The fourth-order valence-electron chi connectivity index (χ4n) is 3.42. The van der Waals surface area contributed by atoms with E-state index in [4.69, 9.17) is 4.74 Å². The summed E-state index contributed by atoms with van der Waals surface area (Å²) in [5.41, 5.74) is 1.36. The van der Waals surface area contributed by atoms with Crippen LogP contribution in [0.15, 0.2) is 89.6 Å². The van der Waals surface area contributed by atoms with Gasteiger partial charge in [0.1, 0.15) is 5.60 Å². The van der Waals surface area contributed by atoms with Crippen LogP contribution in [0.3, 0.4) is 0 Å². The third-order valence-corrected chi connectivity index (χ3v) is 4.82. The lowest BCUT2D eigenvalue weighted by Gasteiger charge is -2.35. The molecule has 26 heavy (non-hydrogen) atoms. The largest absolute Gasteiger partial charge is 0.484 e. The zero-order valence-corrected chi connectivity index (χ0v) is 15.5. The van der Waals surface area contributed by atoms with Crippen LogP contribution in [-0.2, 0) is 10.3 Å². The first-order valence-corrected chi connectivity index (χ1v) is 8.88. The first-order chi connectivity index (χ1) is 12.6. The van der Waals surface area contributed by atoms with Crippen molar-refractivity contribution >= 4 is 5.90 Å². The molecule has 2 aromatic carbocycles. The van der Waals surface area contributed by atoms with Crippen LogP contribution in [-0.4, -0.2) is 18.1 Å². The van der Waals surface area contributed by atoms with E-state index in [2.05, 4.69) is 11.1 Å². The Morgan fingerprint density at radius 1 is 0.923 bits per heavy atom. The Hall–Kier alpha value is -2.65. The second-order valence-electron chi connectivity index (χ2n) is 6.66. The maximum atomic E-state index is 11.9. The van der Waals surface area contributed by atoms with Gasteiger partial charge in [-0.1, -0.05) is 85.8 Å². The third-order valence-electron chi connectivity index (χ3n) is 4.82. The molecule has 134 valence electrons. The molecule has 1 aliphatic heterocycles. The van der Waals surface area contributed by atoms with Crippen molar-refractivity contribution in [1.29, 1.82) is 0 Å². The fraction of sp³-hybridized carbons (Fsp3) is 0.261. The average Bonchev–Trinajstić information content (AvgIpc) is 2.68. The Morgan fingerprint density at radius 3 is 1.96 bits per heavy atom. The van der Waals surface area contributed by atoms with Crippen molar-refractivity contribution < 1.29 is 9.84 Å². The van der Waals surface area contributed by atoms with Gasteiger partial charge in [-0.15, -0.1) is 0 Å². The lowest BCUT2D eigenvalue weighted by molar-refractivity contribution is 0.0535. The monoisotopic (exact) mass is 347 g/mol. The molecule has 0 amide bonds. The van der Waals surface area contributed by atoms with Gasteiger partial charge in [0.25, 0.3) is 0 Å². The van der Waals surface area contributed by atoms with E-state index in [1.54, 1.807) is 7.11 Å². The highest BCUT2D eigenvalue weighted by molar-refractivity contribution is 5.81. The highest BCUT2D eigenvalue weighted by atomic mass is 16.5. The minimum atomic E-state index is -1.18. The van der Waals surface area contributed by atoms with E-state index in [0.29, 0.717) is 5.90 Å². The Morgan fingerprint density at radius 2 is 1.46 bits per heavy atom. The number of aliphatic imine (C=N–C) groups is 1. The van der Waals surface area contributed by atoms with Crippen molar-refractivity contribution in [3.8, 4) is 0 Å². The van der Waals surface area contributed by atoms with Gasteiger partial charge in [0, 0.05) is 11.6 Å². The van der Waals surface area contributed by atoms with Crippen molar-refractivity contribution in [1.82, 2.24) is 0 Å². The summed E-state index contributed by atoms with van der Waals surface area (Å²) in [6, 6.07) is 19.6. The van der Waals surface area contributed by atoms with Crippen LogP contribution in [0.25, 0.3) is 0 Å². The Balaban J connectivity index is 2.17. The fourth-order valence-corrected chi connectivity index (χ4v) is 3.42. The zero-order chi connectivity index (χ0) is 18.6. The highest BCUT2D eigenvalue weighted by Crippen LogP contribution is 2.39. The molecule has 0 bridgehead atoms. The number of nitrogens with zero attached hydrogens (tertiary/aromatic N) is 1. The molecule has 3 nitrogen and oxygen atoms in total. The minimum Gasteiger partial charge on any atom is -0.484 e. The van der Waals surface area contributed by atoms with Crippen molar-refractivity contribution in [2.24, 2.45) is 16.8 Å². The lowest BCUT2D eigenvalue weighted by Crippen LogP contribution is -2.35. The summed E-state index contributed by atoms with van der Waals surface area (Å²) in [4.78, 5) is 4.58. The molecule has 2 atom stereocenters. The molecule has 0 fully saturated rings. The standard InChI is InChI=1S/C23H25NO2/c1-17-14-15-21(16-18(2)24-22(17)26-3)23(25,19-10-6-4-7-11-19)20-12-8-5-9-13-20/h4-17,21,25H,1-3H3/t17-,21-/m0/s1. The number of allylic oxidation sites excluding steroid dienone is 1. The number of rotatable bonds is 3. The Bertz CT molecular complexity index is 782. The van der Waals surface area contributed by atoms with Crippen molar-refractivity contribution in [2.45, 2.75) is 19.4 Å². The number of hydrogen-bond acceptors (Lipinski definition) is 3. The minimum absolute atomic E-state index is 0.0435. The maximum absolute atomic E-state index is 11.9. The third kappa shape index (κ3) is 3.49. The SMILES string of the molecule is COC1=NC(C)=C[C@@H](C(O)(c2ccccc2)c2ccccc2)C=C[C@@H]1C. The summed E-state index contributed by atoms with van der Waals surface area (Å²) in [5.74, 6) is 0.468. The van der Waals surface area contributed by atoms with E-state index in [0.717, 1.165) is 16.8 Å². The molecule has 3 rings (SSSR count).